The molecule has 2 fully saturated rings. The number of esters is 2. The number of ether oxygens (including phenoxy) is 4. The van der Waals surface area contributed by atoms with Crippen LogP contribution in [0.2, 0.25) is 15.3 Å². The Kier molecular flexibility index (Phi) is 20.7. The van der Waals surface area contributed by atoms with Gasteiger partial charge < -0.3 is 57.0 Å². The molecule has 0 unspecified atom stereocenters. The van der Waals surface area contributed by atoms with Crippen molar-refractivity contribution in [2.75, 3.05) is 45.4 Å². The molecule has 0 spiro atoms. The minimum absolute atomic E-state index is 0. The normalized spacial score (nSPS) is 17.6. The molecule has 15 nitrogen and oxygen atoms in total. The van der Waals surface area contributed by atoms with Gasteiger partial charge >= 0.3 is 11.9 Å². The van der Waals surface area contributed by atoms with Gasteiger partial charge in [0.05, 0.1) is 59.1 Å². The number of aryl methyl sites for hydroxylation is 2. The van der Waals surface area contributed by atoms with Crippen molar-refractivity contribution in [2.24, 2.45) is 37.8 Å². The lowest BCUT2D eigenvalue weighted by molar-refractivity contribution is -0.143. The summed E-state index contributed by atoms with van der Waals surface area (Å²) in [7, 11) is 5.83. The fraction of sp³-hybridized carbons (Fsp3) is 0.451. The van der Waals surface area contributed by atoms with E-state index in [1.165, 1.54) is 61.7 Å². The summed E-state index contributed by atoms with van der Waals surface area (Å²) in [6.45, 7) is 10.4. The van der Waals surface area contributed by atoms with Crippen LogP contribution >= 0.6 is 34.8 Å². The quantitative estimate of drug-likeness (QED) is 0.0815. The van der Waals surface area contributed by atoms with E-state index in [1.54, 1.807) is 32.4 Å². The van der Waals surface area contributed by atoms with Gasteiger partial charge in [0.1, 0.15) is 0 Å². The highest BCUT2D eigenvalue weighted by atomic mass is 127. The number of benzene rings is 2. The highest BCUT2D eigenvalue weighted by Gasteiger charge is 2.24. The summed E-state index contributed by atoms with van der Waals surface area (Å²) >= 11 is 18.4. The summed E-state index contributed by atoms with van der Waals surface area (Å²) in [6, 6.07) is 14.7. The zero-order valence-corrected chi connectivity index (χ0v) is 45.2. The van der Waals surface area contributed by atoms with Crippen molar-refractivity contribution in [2.45, 2.75) is 72.6 Å². The van der Waals surface area contributed by atoms with Crippen molar-refractivity contribution in [3.8, 4) is 11.5 Å². The van der Waals surface area contributed by atoms with E-state index in [9.17, 15) is 19.2 Å². The molecule has 1 aliphatic carbocycles. The van der Waals surface area contributed by atoms with E-state index in [0.717, 1.165) is 63.6 Å². The zero-order chi connectivity index (χ0) is 49.9. The van der Waals surface area contributed by atoms with Gasteiger partial charge in [-0.1, -0.05) is 82.3 Å². The molecule has 70 heavy (non-hydrogen) atoms. The number of piperidine rings is 1. The molecule has 2 aromatic carbocycles. The van der Waals surface area contributed by atoms with Crippen LogP contribution in [-0.2, 0) is 46.0 Å². The van der Waals surface area contributed by atoms with E-state index < -0.39 is 11.9 Å². The van der Waals surface area contributed by atoms with E-state index >= 15 is 0 Å². The van der Waals surface area contributed by atoms with Gasteiger partial charge in [0, 0.05) is 50.8 Å². The first-order valence-electron chi connectivity index (χ1n) is 23.0. The average Bonchev–Trinajstić information content (AvgIpc) is 3.32. The number of carbonyl (C=O) groups is 2. The lowest BCUT2D eigenvalue weighted by Gasteiger charge is -2.35. The fourth-order valence-electron chi connectivity index (χ4n) is 8.94. The van der Waals surface area contributed by atoms with Crippen LogP contribution < -0.4 is 49.5 Å². The van der Waals surface area contributed by atoms with E-state index in [2.05, 4.69) is 57.0 Å². The molecule has 4 atom stereocenters. The number of rotatable bonds is 11. The smallest absolute Gasteiger partial charge is 0.343 e. The summed E-state index contributed by atoms with van der Waals surface area (Å²) in [5.41, 5.74) is 4.06. The minimum atomic E-state index is -0.568. The van der Waals surface area contributed by atoms with Crippen molar-refractivity contribution in [1.29, 1.82) is 0 Å². The second-order valence-corrected chi connectivity index (χ2v) is 19.4. The van der Waals surface area contributed by atoms with E-state index in [4.69, 9.17) is 49.3 Å². The maximum absolute atomic E-state index is 12.6. The van der Waals surface area contributed by atoms with Crippen LogP contribution in [0.15, 0.2) is 70.5 Å². The Morgan fingerprint density at radius 3 is 1.53 bits per heavy atom. The van der Waals surface area contributed by atoms with Crippen LogP contribution in [0.3, 0.4) is 0 Å². The number of nitrogens with zero attached hydrogens (tertiary/aromatic N) is 7. The standard InChI is InChI=1S/C25H29ClN4O4.C18H15Cl2N3O4.C8H16.HI/c1-15-7-16(2)13-30(12-15)25-27-11-19(26)20(28-25)9-17-5-6-21-18(8-17)10-22(24(32)29(21)3)34-14-23(31)33-4;1-23-14-4-3-10(6-13-12(19)8-21-18(20)22-13)5-11(14)7-15(17(23)25)27-9-16(24)26-2;1-7-4-3-5-8(2)6-7;/h5-6,8,10-11,15-16H,7,9,12-14H2,1-4H3;3-5,7-8H,6,9H2,1-2H3;7-8H,3-6H2,1-2H3;1H/p-1/t15-,16+;;7-,8+;. The SMILES string of the molecule is COC(=O)COc1cc2cc(Cc3nc(Cl)ncc3Cl)ccc2n(C)c1=O.COC(=O)COc1cc2cc(Cc3nc(N4C[C@H](C)C[C@H](C)C4)ncc3Cl)ccc2n(C)c1=O.C[C@@H]1CCC[C@H](C)C1.[I-]. The highest BCUT2D eigenvalue weighted by Crippen LogP contribution is 2.29. The minimum Gasteiger partial charge on any atom is -1.00 e. The Hall–Kier alpha value is -5.04. The number of methoxy groups -OCH3 is 2. The number of hydrogen-bond acceptors (Lipinski definition) is 13. The summed E-state index contributed by atoms with van der Waals surface area (Å²) in [5, 5.41) is 2.64. The Balaban J connectivity index is 0.000000226. The Labute approximate surface area is 440 Å². The number of fused-ring (bicyclic) bond motifs is 2. The molecule has 1 saturated heterocycles. The topological polar surface area (TPSA) is 170 Å². The van der Waals surface area contributed by atoms with Gasteiger partial charge in [-0.2, -0.15) is 0 Å². The van der Waals surface area contributed by atoms with Crippen LogP contribution in [0, 0.1) is 23.7 Å². The third kappa shape index (κ3) is 15.0. The first-order chi connectivity index (χ1) is 32.9. The van der Waals surface area contributed by atoms with Gasteiger partial charge in [0.15, 0.2) is 24.7 Å². The van der Waals surface area contributed by atoms with Gasteiger partial charge in [-0.05, 0) is 95.6 Å². The number of aromatic nitrogens is 6. The predicted molar refractivity (Wildman–Crippen MR) is 270 cm³/mol. The van der Waals surface area contributed by atoms with Crippen LogP contribution in [0.25, 0.3) is 21.8 Å². The maximum Gasteiger partial charge on any atom is 0.343 e. The molecular weight excluding hydrogens is 1070 g/mol. The molecule has 0 bridgehead atoms. The van der Waals surface area contributed by atoms with Gasteiger partial charge in [-0.3, -0.25) is 9.59 Å². The Morgan fingerprint density at radius 2 is 1.09 bits per heavy atom. The van der Waals surface area contributed by atoms with E-state index in [-0.39, 0.29) is 65.1 Å². The number of halogens is 4. The van der Waals surface area contributed by atoms with Crippen molar-refractivity contribution < 1.29 is 52.5 Å². The Morgan fingerprint density at radius 1 is 0.643 bits per heavy atom. The molecule has 1 aliphatic heterocycles. The number of pyridine rings is 2. The average molecular weight is 1130 g/mol. The maximum atomic E-state index is 12.6. The highest BCUT2D eigenvalue weighted by molar-refractivity contribution is 6.32. The fourth-order valence-corrected chi connectivity index (χ4v) is 9.41. The van der Waals surface area contributed by atoms with Gasteiger partial charge in [0.25, 0.3) is 11.1 Å². The van der Waals surface area contributed by atoms with Crippen LogP contribution in [0.4, 0.5) is 5.95 Å². The number of anilines is 1. The second-order valence-electron chi connectivity index (χ2n) is 18.2. The molecule has 2 aliphatic rings. The number of hydrogen-bond donors (Lipinski definition) is 0. The molecule has 0 N–H and O–H groups in total. The van der Waals surface area contributed by atoms with Crippen LogP contribution in [0.1, 0.15) is 82.3 Å². The van der Waals surface area contributed by atoms with Crippen molar-refractivity contribution in [1.82, 2.24) is 29.1 Å². The van der Waals surface area contributed by atoms with Gasteiger partial charge in [-0.15, -0.1) is 0 Å². The lowest BCUT2D eigenvalue weighted by Crippen LogP contribution is -3.00. The zero-order valence-electron chi connectivity index (χ0n) is 40.8. The molecule has 5 heterocycles. The van der Waals surface area contributed by atoms with Crippen LogP contribution in [-0.4, -0.2) is 81.5 Å². The largest absolute Gasteiger partial charge is 1.00 e. The third-order valence-corrected chi connectivity index (χ3v) is 13.2. The molecule has 1 saturated carbocycles. The predicted octanol–water partition coefficient (Wildman–Crippen LogP) is 6.22. The third-order valence-electron chi connectivity index (χ3n) is 12.3. The molecule has 19 heteroatoms. The van der Waals surface area contributed by atoms with Gasteiger partial charge in [0.2, 0.25) is 11.2 Å². The van der Waals surface area contributed by atoms with Crippen molar-refractivity contribution in [3.63, 3.8) is 0 Å². The van der Waals surface area contributed by atoms with Gasteiger partial charge in [-0.25, -0.2) is 29.5 Å². The van der Waals surface area contributed by atoms with E-state index in [1.807, 2.05) is 36.4 Å². The molecule has 376 valence electrons. The first kappa shape index (κ1) is 55.9. The summed E-state index contributed by atoms with van der Waals surface area (Å²) in [4.78, 5) is 67.2. The summed E-state index contributed by atoms with van der Waals surface area (Å²) in [5.74, 6) is 2.95. The molecule has 6 aromatic rings. The first-order valence-corrected chi connectivity index (χ1v) is 24.1. The molecule has 0 amide bonds. The molecule has 8 rings (SSSR count). The molecule has 0 radical (unpaired) electrons. The monoisotopic (exact) mass is 1130 g/mol. The summed E-state index contributed by atoms with van der Waals surface area (Å²) in [6.07, 6.45) is 11.2. The van der Waals surface area contributed by atoms with Crippen molar-refractivity contribution in [3.05, 3.63) is 119 Å². The van der Waals surface area contributed by atoms with Crippen molar-refractivity contribution >= 4 is 74.5 Å². The van der Waals surface area contributed by atoms with Crippen LogP contribution in [0.5, 0.6) is 11.5 Å². The molecular formula is C51H60Cl3IN7O8-. The Bertz CT molecular complexity index is 2900. The molecule has 4 aromatic heterocycles. The lowest BCUT2D eigenvalue weighted by atomic mass is 9.84. The van der Waals surface area contributed by atoms with E-state index in [0.29, 0.717) is 46.4 Å². The second kappa shape index (κ2) is 25.9. The number of carbonyl (C=O) groups excluding carboxylic acids is 2. The summed E-state index contributed by atoms with van der Waals surface area (Å²) < 4.78 is 22.8.